The summed E-state index contributed by atoms with van der Waals surface area (Å²) in [5, 5.41) is 18.4. The maximum atomic E-state index is 10.3. The molecule has 0 aliphatic carbocycles. The zero-order chi connectivity index (χ0) is 15.8. The molecule has 0 aromatic heterocycles. The minimum atomic E-state index is -0.717. The van der Waals surface area contributed by atoms with Crippen molar-refractivity contribution < 1.29 is 15.0 Å². The lowest BCUT2D eigenvalue weighted by Gasteiger charge is -2.10. The molecular formula is C18H36O3. The van der Waals surface area contributed by atoms with Crippen molar-refractivity contribution in [2.24, 2.45) is 0 Å². The minimum Gasteiger partial charge on any atom is -0.481 e. The molecule has 0 heterocycles. The van der Waals surface area contributed by atoms with Gasteiger partial charge in [-0.15, -0.1) is 0 Å². The van der Waals surface area contributed by atoms with Gasteiger partial charge in [-0.2, -0.15) is 0 Å². The summed E-state index contributed by atoms with van der Waals surface area (Å²) in [4.78, 5) is 10.3. The van der Waals surface area contributed by atoms with Crippen molar-refractivity contribution in [2.45, 2.75) is 109 Å². The summed E-state index contributed by atoms with van der Waals surface area (Å²) in [5.74, 6) is -0.717. The Morgan fingerprint density at radius 1 is 0.762 bits per heavy atom. The lowest BCUT2D eigenvalue weighted by Crippen LogP contribution is -2.06. The first-order valence-corrected chi connectivity index (χ1v) is 9.06. The maximum Gasteiger partial charge on any atom is 0.303 e. The van der Waals surface area contributed by atoms with Crippen LogP contribution in [-0.2, 0) is 4.79 Å². The molecule has 2 N–H and O–H groups in total. The SMILES string of the molecule is CCCCCCCCCCC[C@H](O)CCCCCC(=O)O. The van der Waals surface area contributed by atoms with Gasteiger partial charge in [-0.05, 0) is 19.3 Å². The smallest absolute Gasteiger partial charge is 0.303 e. The van der Waals surface area contributed by atoms with Gasteiger partial charge in [0, 0.05) is 6.42 Å². The maximum absolute atomic E-state index is 10.3. The predicted octanol–water partition coefficient (Wildman–Crippen LogP) is 5.30. The highest BCUT2D eigenvalue weighted by molar-refractivity contribution is 5.66. The van der Waals surface area contributed by atoms with Gasteiger partial charge in [-0.25, -0.2) is 0 Å². The zero-order valence-corrected chi connectivity index (χ0v) is 14.0. The number of hydrogen-bond acceptors (Lipinski definition) is 2. The Hall–Kier alpha value is -0.570. The van der Waals surface area contributed by atoms with E-state index in [-0.39, 0.29) is 12.5 Å². The first kappa shape index (κ1) is 20.4. The van der Waals surface area contributed by atoms with Crippen LogP contribution in [0.1, 0.15) is 103 Å². The van der Waals surface area contributed by atoms with Crippen molar-refractivity contribution in [3.63, 3.8) is 0 Å². The number of hydrogen-bond donors (Lipinski definition) is 2. The van der Waals surface area contributed by atoms with E-state index in [0.29, 0.717) is 0 Å². The van der Waals surface area contributed by atoms with Gasteiger partial charge in [0.2, 0.25) is 0 Å². The van der Waals surface area contributed by atoms with Crippen molar-refractivity contribution >= 4 is 5.97 Å². The molecule has 21 heavy (non-hydrogen) atoms. The van der Waals surface area contributed by atoms with Crippen LogP contribution in [0.2, 0.25) is 0 Å². The van der Waals surface area contributed by atoms with E-state index in [9.17, 15) is 9.90 Å². The van der Waals surface area contributed by atoms with E-state index in [4.69, 9.17) is 5.11 Å². The Kier molecular flexibility index (Phi) is 15.4. The highest BCUT2D eigenvalue weighted by atomic mass is 16.4. The number of aliphatic hydroxyl groups excluding tert-OH is 1. The summed E-state index contributed by atoms with van der Waals surface area (Å²) in [5.41, 5.74) is 0. The number of carboxylic acids is 1. The van der Waals surface area contributed by atoms with Gasteiger partial charge in [0.25, 0.3) is 0 Å². The predicted molar refractivity (Wildman–Crippen MR) is 88.6 cm³/mol. The average molecular weight is 300 g/mol. The third-order valence-electron chi connectivity index (χ3n) is 4.07. The monoisotopic (exact) mass is 300 g/mol. The van der Waals surface area contributed by atoms with Gasteiger partial charge < -0.3 is 10.2 Å². The van der Waals surface area contributed by atoms with Gasteiger partial charge in [-0.1, -0.05) is 77.6 Å². The van der Waals surface area contributed by atoms with E-state index in [1.54, 1.807) is 0 Å². The Morgan fingerprint density at radius 3 is 1.67 bits per heavy atom. The molecule has 0 aliphatic heterocycles. The molecule has 0 amide bonds. The van der Waals surface area contributed by atoms with Gasteiger partial charge in [0.1, 0.15) is 0 Å². The Labute approximate surface area is 131 Å². The summed E-state index contributed by atoms with van der Waals surface area (Å²) >= 11 is 0. The Bertz CT molecular complexity index is 229. The van der Waals surface area contributed by atoms with Gasteiger partial charge in [0.05, 0.1) is 6.10 Å². The fourth-order valence-electron chi connectivity index (χ4n) is 2.67. The molecule has 0 aliphatic rings. The standard InChI is InChI=1S/C18H36O3/c1-2-3-4-5-6-7-8-9-11-14-17(19)15-12-10-13-16-18(20)21/h17,19H,2-16H2,1H3,(H,20,21)/t17-/m0/s1. The summed E-state index contributed by atoms with van der Waals surface area (Å²) in [6.07, 6.45) is 16.3. The second-order valence-corrected chi connectivity index (χ2v) is 6.26. The van der Waals surface area contributed by atoms with E-state index in [0.717, 1.165) is 38.5 Å². The molecule has 0 spiro atoms. The molecule has 3 nitrogen and oxygen atoms in total. The topological polar surface area (TPSA) is 57.5 Å². The first-order valence-electron chi connectivity index (χ1n) is 9.06. The van der Waals surface area contributed by atoms with Crippen LogP contribution in [0, 0.1) is 0 Å². The molecule has 0 rings (SSSR count). The molecule has 0 unspecified atom stereocenters. The van der Waals surface area contributed by atoms with Crippen molar-refractivity contribution in [1.82, 2.24) is 0 Å². The number of carbonyl (C=O) groups is 1. The van der Waals surface area contributed by atoms with Crippen molar-refractivity contribution in [1.29, 1.82) is 0 Å². The van der Waals surface area contributed by atoms with Crippen LogP contribution in [0.4, 0.5) is 0 Å². The lowest BCUT2D eigenvalue weighted by atomic mass is 10.0. The van der Waals surface area contributed by atoms with Crippen molar-refractivity contribution in [2.75, 3.05) is 0 Å². The molecule has 0 fully saturated rings. The highest BCUT2D eigenvalue weighted by Gasteiger charge is 2.04. The van der Waals surface area contributed by atoms with E-state index in [1.807, 2.05) is 0 Å². The molecular weight excluding hydrogens is 264 g/mol. The largest absolute Gasteiger partial charge is 0.481 e. The highest BCUT2D eigenvalue weighted by Crippen LogP contribution is 2.14. The van der Waals surface area contributed by atoms with Gasteiger partial charge in [-0.3, -0.25) is 4.79 Å². The number of unbranched alkanes of at least 4 members (excludes halogenated alkanes) is 10. The Morgan fingerprint density at radius 2 is 1.19 bits per heavy atom. The van der Waals surface area contributed by atoms with Crippen LogP contribution in [-0.4, -0.2) is 22.3 Å². The molecule has 3 heteroatoms. The molecule has 1 atom stereocenters. The van der Waals surface area contributed by atoms with Crippen LogP contribution in [0.15, 0.2) is 0 Å². The summed E-state index contributed by atoms with van der Waals surface area (Å²) in [7, 11) is 0. The molecule has 0 saturated carbocycles. The number of aliphatic carboxylic acids is 1. The van der Waals surface area contributed by atoms with Crippen molar-refractivity contribution in [3.05, 3.63) is 0 Å². The molecule has 0 aromatic rings. The quantitative estimate of drug-likeness (QED) is 0.380. The molecule has 0 bridgehead atoms. The lowest BCUT2D eigenvalue weighted by molar-refractivity contribution is -0.137. The van der Waals surface area contributed by atoms with Crippen LogP contribution < -0.4 is 0 Å². The van der Waals surface area contributed by atoms with E-state index in [1.165, 1.54) is 51.4 Å². The summed E-state index contributed by atoms with van der Waals surface area (Å²) < 4.78 is 0. The Balaban J connectivity index is 3.15. The number of aliphatic hydroxyl groups is 1. The van der Waals surface area contributed by atoms with Crippen LogP contribution in [0.5, 0.6) is 0 Å². The van der Waals surface area contributed by atoms with Crippen molar-refractivity contribution in [3.8, 4) is 0 Å². The second-order valence-electron chi connectivity index (χ2n) is 6.26. The fraction of sp³-hybridized carbons (Fsp3) is 0.944. The van der Waals surface area contributed by atoms with Crippen LogP contribution in [0.25, 0.3) is 0 Å². The average Bonchev–Trinajstić information content (AvgIpc) is 2.45. The number of carboxylic acid groups (broad SMARTS) is 1. The molecule has 0 radical (unpaired) electrons. The first-order chi connectivity index (χ1) is 10.2. The third kappa shape index (κ3) is 17.4. The van der Waals surface area contributed by atoms with E-state index >= 15 is 0 Å². The van der Waals surface area contributed by atoms with Crippen LogP contribution in [0.3, 0.4) is 0 Å². The summed E-state index contributed by atoms with van der Waals surface area (Å²) in [6.45, 7) is 2.25. The zero-order valence-electron chi connectivity index (χ0n) is 14.0. The second kappa shape index (κ2) is 15.8. The molecule has 0 aromatic carbocycles. The minimum absolute atomic E-state index is 0.181. The molecule has 126 valence electrons. The molecule has 0 saturated heterocycles. The van der Waals surface area contributed by atoms with Gasteiger partial charge in [0.15, 0.2) is 0 Å². The third-order valence-corrected chi connectivity index (χ3v) is 4.07. The number of rotatable bonds is 16. The van der Waals surface area contributed by atoms with Gasteiger partial charge >= 0.3 is 5.97 Å². The normalized spacial score (nSPS) is 12.5. The van der Waals surface area contributed by atoms with E-state index in [2.05, 4.69) is 6.92 Å². The van der Waals surface area contributed by atoms with E-state index < -0.39 is 5.97 Å². The summed E-state index contributed by atoms with van der Waals surface area (Å²) in [6, 6.07) is 0. The fourth-order valence-corrected chi connectivity index (χ4v) is 2.67. The van der Waals surface area contributed by atoms with Crippen LogP contribution >= 0.6 is 0 Å².